The zero-order chi connectivity index (χ0) is 18.3. The Kier molecular flexibility index (Phi) is 6.57. The highest BCUT2D eigenvalue weighted by Crippen LogP contribution is 2.29. The van der Waals surface area contributed by atoms with E-state index in [4.69, 9.17) is 0 Å². The van der Waals surface area contributed by atoms with E-state index in [0.29, 0.717) is 0 Å². The van der Waals surface area contributed by atoms with Gasteiger partial charge in [-0.3, -0.25) is 15.0 Å². The van der Waals surface area contributed by atoms with Gasteiger partial charge < -0.3 is 10.6 Å². The van der Waals surface area contributed by atoms with Crippen molar-refractivity contribution in [3.05, 3.63) is 35.4 Å². The van der Waals surface area contributed by atoms with Crippen LogP contribution >= 0.6 is 0 Å². The molecule has 0 aliphatic heterocycles. The van der Waals surface area contributed by atoms with Crippen LogP contribution in [0, 0.1) is 0 Å². The van der Waals surface area contributed by atoms with Gasteiger partial charge in [0.2, 0.25) is 5.91 Å². The molecule has 0 aliphatic rings. The molecule has 132 valence electrons. The molecule has 0 heterocycles. The van der Waals surface area contributed by atoms with Crippen molar-refractivity contribution in [3.63, 3.8) is 0 Å². The largest absolute Gasteiger partial charge is 0.416 e. The third kappa shape index (κ3) is 6.55. The van der Waals surface area contributed by atoms with Gasteiger partial charge in [0.1, 0.15) is 6.04 Å². The number of alkyl halides is 3. The maximum Gasteiger partial charge on any atom is 0.416 e. The molecule has 0 saturated heterocycles. The maximum atomic E-state index is 12.6. The summed E-state index contributed by atoms with van der Waals surface area (Å²) >= 11 is 0. The lowest BCUT2D eigenvalue weighted by molar-refractivity contribution is -0.137. The zero-order valence-electron chi connectivity index (χ0n) is 13.0. The zero-order valence-corrected chi connectivity index (χ0v) is 13.0. The van der Waals surface area contributed by atoms with E-state index < -0.39 is 35.6 Å². The Hall–Kier alpha value is -2.78. The molecule has 1 unspecified atom stereocenters. The first-order valence-corrected chi connectivity index (χ1v) is 6.86. The third-order valence-corrected chi connectivity index (χ3v) is 2.82. The summed E-state index contributed by atoms with van der Waals surface area (Å²) < 4.78 is 37.7. The summed E-state index contributed by atoms with van der Waals surface area (Å²) in [5.41, 5.74) is 3.52. The van der Waals surface area contributed by atoms with Crippen molar-refractivity contribution in [2.45, 2.75) is 32.6 Å². The topological polar surface area (TPSA) is 99.3 Å². The van der Waals surface area contributed by atoms with E-state index in [1.165, 1.54) is 26.0 Å². The Morgan fingerprint density at radius 2 is 1.83 bits per heavy atom. The van der Waals surface area contributed by atoms with Crippen LogP contribution in [0.1, 0.15) is 25.0 Å². The van der Waals surface area contributed by atoms with Crippen molar-refractivity contribution >= 4 is 17.8 Å². The molecule has 1 atom stereocenters. The van der Waals surface area contributed by atoms with Gasteiger partial charge in [-0.1, -0.05) is 12.1 Å². The average Bonchev–Trinajstić information content (AvgIpc) is 2.49. The van der Waals surface area contributed by atoms with Crippen LogP contribution in [0.15, 0.2) is 24.3 Å². The van der Waals surface area contributed by atoms with Crippen LogP contribution in [-0.2, 0) is 22.3 Å². The minimum atomic E-state index is -4.47. The number of nitrogens with one attached hydrogen (secondary N) is 4. The van der Waals surface area contributed by atoms with Gasteiger partial charge >= 0.3 is 12.2 Å². The predicted molar refractivity (Wildman–Crippen MR) is 78.2 cm³/mol. The van der Waals surface area contributed by atoms with Gasteiger partial charge in [-0.2, -0.15) is 13.2 Å². The van der Waals surface area contributed by atoms with Gasteiger partial charge in [0, 0.05) is 13.5 Å². The highest BCUT2D eigenvalue weighted by molar-refractivity contribution is 5.87. The number of carbonyl (C=O) groups is 3. The lowest BCUT2D eigenvalue weighted by Crippen LogP contribution is -2.52. The minimum absolute atomic E-state index is 0.160. The molecule has 1 aromatic rings. The first-order chi connectivity index (χ1) is 11.1. The first kappa shape index (κ1) is 19.3. The number of carbonyl (C=O) groups excluding carboxylic acids is 3. The molecule has 1 aromatic carbocycles. The van der Waals surface area contributed by atoms with Gasteiger partial charge in [-0.15, -0.1) is 0 Å². The molecule has 10 heteroatoms. The van der Waals surface area contributed by atoms with Crippen molar-refractivity contribution < 1.29 is 27.6 Å². The number of amides is 4. The third-order valence-electron chi connectivity index (χ3n) is 2.82. The van der Waals surface area contributed by atoms with Gasteiger partial charge in [0.15, 0.2) is 0 Å². The second kappa shape index (κ2) is 8.18. The first-order valence-electron chi connectivity index (χ1n) is 6.86. The van der Waals surface area contributed by atoms with Crippen LogP contribution in [0.2, 0.25) is 0 Å². The molecule has 0 aromatic heterocycles. The van der Waals surface area contributed by atoms with Crippen molar-refractivity contribution in [2.75, 3.05) is 0 Å². The number of hydrogen-bond acceptors (Lipinski definition) is 3. The smallest absolute Gasteiger partial charge is 0.345 e. The molecule has 0 aliphatic carbocycles. The van der Waals surface area contributed by atoms with E-state index >= 15 is 0 Å². The number of urea groups is 1. The predicted octanol–water partition coefficient (Wildman–Crippen LogP) is 1.06. The van der Waals surface area contributed by atoms with Gasteiger partial charge in [0.25, 0.3) is 5.91 Å². The van der Waals surface area contributed by atoms with Crippen molar-refractivity contribution in [3.8, 4) is 0 Å². The van der Waals surface area contributed by atoms with Crippen LogP contribution in [0.3, 0.4) is 0 Å². The Morgan fingerprint density at radius 3 is 2.42 bits per heavy atom. The lowest BCUT2D eigenvalue weighted by atomic mass is 10.1. The van der Waals surface area contributed by atoms with Gasteiger partial charge in [-0.25, -0.2) is 10.2 Å². The van der Waals surface area contributed by atoms with Crippen molar-refractivity contribution in [1.29, 1.82) is 0 Å². The minimum Gasteiger partial charge on any atom is -0.345 e. The Bertz CT molecular complexity index is 620. The summed E-state index contributed by atoms with van der Waals surface area (Å²) in [5.74, 6) is -1.06. The monoisotopic (exact) mass is 346 g/mol. The molecule has 1 rings (SSSR count). The molecule has 0 saturated carbocycles. The fourth-order valence-corrected chi connectivity index (χ4v) is 1.68. The summed E-state index contributed by atoms with van der Waals surface area (Å²) in [7, 11) is 0. The maximum absolute atomic E-state index is 12.6. The number of rotatable bonds is 4. The van der Waals surface area contributed by atoms with E-state index in [0.717, 1.165) is 12.1 Å². The Balaban J connectivity index is 2.44. The molecular weight excluding hydrogens is 329 g/mol. The molecule has 0 bridgehead atoms. The molecule has 4 N–H and O–H groups in total. The quantitative estimate of drug-likeness (QED) is 0.614. The van der Waals surface area contributed by atoms with Crippen LogP contribution in [0.5, 0.6) is 0 Å². The second-order valence-corrected chi connectivity index (χ2v) is 4.92. The van der Waals surface area contributed by atoms with Gasteiger partial charge in [-0.05, 0) is 24.6 Å². The molecule has 0 spiro atoms. The lowest BCUT2D eigenvalue weighted by Gasteiger charge is -2.14. The molecule has 4 amide bonds. The Morgan fingerprint density at radius 1 is 1.17 bits per heavy atom. The van der Waals surface area contributed by atoms with Gasteiger partial charge in [0.05, 0.1) is 5.56 Å². The molecule has 7 nitrogen and oxygen atoms in total. The van der Waals surface area contributed by atoms with Crippen LogP contribution < -0.4 is 21.5 Å². The summed E-state index contributed by atoms with van der Waals surface area (Å²) in [6.45, 7) is 2.49. The number of hydrogen-bond donors (Lipinski definition) is 4. The van der Waals surface area contributed by atoms with E-state index in [-0.39, 0.29) is 12.1 Å². The number of benzene rings is 1. The van der Waals surface area contributed by atoms with E-state index in [9.17, 15) is 27.6 Å². The number of halogens is 3. The normalized spacial score (nSPS) is 12.0. The molecule has 24 heavy (non-hydrogen) atoms. The summed E-state index contributed by atoms with van der Waals surface area (Å²) in [6, 6.07) is 2.83. The molecule has 0 fully saturated rings. The van der Waals surface area contributed by atoms with Crippen LogP contribution in [0.25, 0.3) is 0 Å². The van der Waals surface area contributed by atoms with Crippen molar-refractivity contribution in [2.24, 2.45) is 0 Å². The van der Waals surface area contributed by atoms with Crippen molar-refractivity contribution in [1.82, 2.24) is 21.5 Å². The summed E-state index contributed by atoms with van der Waals surface area (Å²) in [5, 5.41) is 4.61. The SMILES string of the molecule is CC(=O)NC(C)C(=O)NNC(=O)NCc1cccc(C(F)(F)F)c1. The fraction of sp³-hybridized carbons (Fsp3) is 0.357. The molecular formula is C14H17F3N4O3. The Labute approximate surface area is 136 Å². The second-order valence-electron chi connectivity index (χ2n) is 4.92. The highest BCUT2D eigenvalue weighted by atomic mass is 19.4. The molecule has 0 radical (unpaired) electrons. The number of hydrazine groups is 1. The van der Waals surface area contributed by atoms with E-state index in [1.54, 1.807) is 0 Å². The summed E-state index contributed by atoms with van der Waals surface area (Å²) in [6.07, 6.45) is -4.47. The fourth-order valence-electron chi connectivity index (χ4n) is 1.68. The standard InChI is InChI=1S/C14H17F3N4O3/c1-8(19-9(2)22)12(23)20-21-13(24)18-7-10-4-3-5-11(6-10)14(15,16)17/h3-6,8H,7H2,1-2H3,(H,19,22)(H,20,23)(H2,18,21,24). The summed E-state index contributed by atoms with van der Waals surface area (Å²) in [4.78, 5) is 33.8. The van der Waals surface area contributed by atoms with E-state index in [2.05, 4.69) is 16.1 Å². The highest BCUT2D eigenvalue weighted by Gasteiger charge is 2.30. The van der Waals surface area contributed by atoms with Crippen LogP contribution in [-0.4, -0.2) is 23.9 Å². The van der Waals surface area contributed by atoms with E-state index in [1.807, 2.05) is 5.43 Å². The average molecular weight is 346 g/mol. The van der Waals surface area contributed by atoms with Crippen LogP contribution in [0.4, 0.5) is 18.0 Å².